The summed E-state index contributed by atoms with van der Waals surface area (Å²) in [5.74, 6) is 2.61. The molecule has 2 nitrogen and oxygen atoms in total. The van der Waals surface area contributed by atoms with Crippen LogP contribution in [0.1, 0.15) is 36.0 Å². The molecule has 1 spiro atoms. The van der Waals surface area contributed by atoms with Gasteiger partial charge in [-0.05, 0) is 78.0 Å². The normalized spacial score (nSPS) is 25.0. The second kappa shape index (κ2) is 6.77. The SMILES string of the molecule is O=C(c1cc(Cl)ccc1I)C1CCOC2(CCSCC2)C1. The Balaban J connectivity index is 1.79. The van der Waals surface area contributed by atoms with E-state index in [9.17, 15) is 4.79 Å². The molecule has 1 aromatic rings. The van der Waals surface area contributed by atoms with Gasteiger partial charge < -0.3 is 4.74 Å². The van der Waals surface area contributed by atoms with Crippen molar-refractivity contribution >= 4 is 51.7 Å². The van der Waals surface area contributed by atoms with Crippen LogP contribution in [-0.2, 0) is 4.74 Å². The summed E-state index contributed by atoms with van der Waals surface area (Å²) in [6.45, 7) is 0.707. The quantitative estimate of drug-likeness (QED) is 0.491. The van der Waals surface area contributed by atoms with Crippen LogP contribution in [0, 0.1) is 9.49 Å². The van der Waals surface area contributed by atoms with Crippen molar-refractivity contribution in [1.29, 1.82) is 0 Å². The topological polar surface area (TPSA) is 26.3 Å². The zero-order valence-electron chi connectivity index (χ0n) is 11.7. The van der Waals surface area contributed by atoms with Gasteiger partial charge in [-0.15, -0.1) is 0 Å². The van der Waals surface area contributed by atoms with Gasteiger partial charge in [0.05, 0.1) is 5.60 Å². The van der Waals surface area contributed by atoms with Crippen LogP contribution in [0.4, 0.5) is 0 Å². The summed E-state index contributed by atoms with van der Waals surface area (Å²) in [5, 5.41) is 0.634. The fourth-order valence-electron chi connectivity index (χ4n) is 3.25. The van der Waals surface area contributed by atoms with E-state index in [1.54, 1.807) is 0 Å². The highest BCUT2D eigenvalue weighted by Gasteiger charge is 2.41. The maximum absolute atomic E-state index is 12.9. The largest absolute Gasteiger partial charge is 0.375 e. The molecule has 114 valence electrons. The molecule has 1 atom stereocenters. The molecular formula is C16H18ClIO2S. The van der Waals surface area contributed by atoms with E-state index in [0.717, 1.165) is 46.3 Å². The maximum Gasteiger partial charge on any atom is 0.167 e. The Morgan fingerprint density at radius 2 is 2.14 bits per heavy atom. The summed E-state index contributed by atoms with van der Waals surface area (Å²) in [5.41, 5.74) is 0.726. The molecule has 0 bridgehead atoms. The second-order valence-electron chi connectivity index (χ2n) is 5.82. The highest BCUT2D eigenvalue weighted by atomic mass is 127. The van der Waals surface area contributed by atoms with Crippen LogP contribution in [0.2, 0.25) is 5.02 Å². The molecule has 2 aliphatic heterocycles. The first-order valence-electron chi connectivity index (χ1n) is 7.31. The van der Waals surface area contributed by atoms with Gasteiger partial charge in [-0.25, -0.2) is 0 Å². The highest BCUT2D eigenvalue weighted by Crippen LogP contribution is 2.41. The standard InChI is InChI=1S/C16H18ClIO2S/c17-12-1-2-14(18)13(9-12)15(19)11-3-6-20-16(10-11)4-7-21-8-5-16/h1-2,9,11H,3-8,10H2. The molecule has 0 N–H and O–H groups in total. The average Bonchev–Trinajstić information content (AvgIpc) is 2.50. The number of ketones is 1. The van der Waals surface area contributed by atoms with Gasteiger partial charge in [0.1, 0.15) is 0 Å². The molecule has 2 heterocycles. The fraction of sp³-hybridized carbons (Fsp3) is 0.562. The molecule has 0 saturated carbocycles. The third-order valence-corrected chi connectivity index (χ3v) is 6.62. The molecule has 5 heteroatoms. The summed E-state index contributed by atoms with van der Waals surface area (Å²) in [6.07, 6.45) is 3.85. The molecule has 0 aromatic heterocycles. The van der Waals surface area contributed by atoms with Gasteiger partial charge >= 0.3 is 0 Å². The second-order valence-corrected chi connectivity index (χ2v) is 8.65. The van der Waals surface area contributed by atoms with Crippen LogP contribution in [0.25, 0.3) is 0 Å². The number of rotatable bonds is 2. The van der Waals surface area contributed by atoms with Crippen LogP contribution in [0.5, 0.6) is 0 Å². The first kappa shape index (κ1) is 16.1. The third kappa shape index (κ3) is 3.59. The Morgan fingerprint density at radius 1 is 1.38 bits per heavy atom. The average molecular weight is 437 g/mol. The van der Waals surface area contributed by atoms with Gasteiger partial charge in [0.25, 0.3) is 0 Å². The lowest BCUT2D eigenvalue weighted by Gasteiger charge is -2.43. The van der Waals surface area contributed by atoms with Crippen molar-refractivity contribution in [1.82, 2.24) is 0 Å². The summed E-state index contributed by atoms with van der Waals surface area (Å²) in [6, 6.07) is 5.57. The van der Waals surface area contributed by atoms with E-state index >= 15 is 0 Å². The third-order valence-electron chi connectivity index (χ3n) is 4.46. The van der Waals surface area contributed by atoms with Gasteiger partial charge in [-0.3, -0.25) is 4.79 Å². The molecule has 21 heavy (non-hydrogen) atoms. The lowest BCUT2D eigenvalue weighted by Crippen LogP contribution is -2.44. The molecular weight excluding hydrogens is 419 g/mol. The minimum Gasteiger partial charge on any atom is -0.375 e. The molecule has 2 saturated heterocycles. The Kier molecular flexibility index (Phi) is 5.19. The summed E-state index contributed by atoms with van der Waals surface area (Å²) in [7, 11) is 0. The molecule has 1 unspecified atom stereocenters. The number of carbonyl (C=O) groups is 1. The Bertz CT molecular complexity index is 538. The molecule has 3 rings (SSSR count). The number of benzene rings is 1. The van der Waals surface area contributed by atoms with E-state index in [4.69, 9.17) is 16.3 Å². The van der Waals surface area contributed by atoms with Gasteiger partial charge in [-0.1, -0.05) is 11.6 Å². The van der Waals surface area contributed by atoms with E-state index in [2.05, 4.69) is 22.6 Å². The molecule has 0 radical (unpaired) electrons. The van der Waals surface area contributed by atoms with E-state index in [1.807, 2.05) is 30.0 Å². The molecule has 2 fully saturated rings. The van der Waals surface area contributed by atoms with Gasteiger partial charge in [0.15, 0.2) is 5.78 Å². The lowest BCUT2D eigenvalue weighted by molar-refractivity contribution is -0.0959. The number of halogens is 2. The van der Waals surface area contributed by atoms with Crippen molar-refractivity contribution in [2.24, 2.45) is 5.92 Å². The monoisotopic (exact) mass is 436 g/mol. The zero-order valence-corrected chi connectivity index (χ0v) is 15.5. The Labute approximate surface area is 148 Å². The van der Waals surface area contributed by atoms with Gasteiger partial charge in [0, 0.05) is 26.7 Å². The lowest BCUT2D eigenvalue weighted by atomic mass is 9.79. The number of ether oxygens (including phenoxy) is 1. The minimum absolute atomic E-state index is 0.0478. The van der Waals surface area contributed by atoms with Crippen molar-refractivity contribution in [3.8, 4) is 0 Å². The molecule has 2 aliphatic rings. The van der Waals surface area contributed by atoms with Crippen molar-refractivity contribution in [2.45, 2.75) is 31.3 Å². The first-order valence-corrected chi connectivity index (χ1v) is 9.92. The molecule has 1 aromatic carbocycles. The van der Waals surface area contributed by atoms with Crippen molar-refractivity contribution in [3.05, 3.63) is 32.4 Å². The zero-order chi connectivity index (χ0) is 14.9. The van der Waals surface area contributed by atoms with E-state index in [0.29, 0.717) is 11.6 Å². The van der Waals surface area contributed by atoms with Crippen LogP contribution < -0.4 is 0 Å². The molecule has 0 aliphatic carbocycles. The van der Waals surface area contributed by atoms with Crippen molar-refractivity contribution < 1.29 is 9.53 Å². The number of carbonyl (C=O) groups excluding carboxylic acids is 1. The number of hydrogen-bond acceptors (Lipinski definition) is 3. The minimum atomic E-state index is -0.0478. The number of thioether (sulfide) groups is 1. The van der Waals surface area contributed by atoms with Crippen LogP contribution in [0.15, 0.2) is 18.2 Å². The molecule has 0 amide bonds. The van der Waals surface area contributed by atoms with Gasteiger partial charge in [-0.2, -0.15) is 11.8 Å². The van der Waals surface area contributed by atoms with E-state index in [1.165, 1.54) is 0 Å². The highest BCUT2D eigenvalue weighted by molar-refractivity contribution is 14.1. The smallest absolute Gasteiger partial charge is 0.167 e. The predicted molar refractivity (Wildman–Crippen MR) is 96.5 cm³/mol. The van der Waals surface area contributed by atoms with Crippen molar-refractivity contribution in [3.63, 3.8) is 0 Å². The van der Waals surface area contributed by atoms with Crippen LogP contribution in [0.3, 0.4) is 0 Å². The first-order chi connectivity index (χ1) is 10.1. The van der Waals surface area contributed by atoms with E-state index in [-0.39, 0.29) is 17.3 Å². The van der Waals surface area contributed by atoms with Gasteiger partial charge in [0.2, 0.25) is 0 Å². The maximum atomic E-state index is 12.9. The number of Topliss-reactive ketones (excluding diaryl/α,β-unsaturated/α-hetero) is 1. The summed E-state index contributed by atoms with van der Waals surface area (Å²) >= 11 is 10.3. The summed E-state index contributed by atoms with van der Waals surface area (Å²) in [4.78, 5) is 12.9. The van der Waals surface area contributed by atoms with E-state index < -0.39 is 0 Å². The van der Waals surface area contributed by atoms with Crippen LogP contribution in [-0.4, -0.2) is 29.5 Å². The number of hydrogen-bond donors (Lipinski definition) is 0. The summed E-state index contributed by atoms with van der Waals surface area (Å²) < 4.78 is 7.07. The Hall–Kier alpha value is 0.220. The Morgan fingerprint density at radius 3 is 2.90 bits per heavy atom. The fourth-order valence-corrected chi connectivity index (χ4v) is 5.26. The van der Waals surface area contributed by atoms with Crippen LogP contribution >= 0.6 is 46.0 Å². The van der Waals surface area contributed by atoms with Crippen molar-refractivity contribution in [2.75, 3.05) is 18.1 Å². The predicted octanol–water partition coefficient (Wildman–Crippen LogP) is 4.82.